The van der Waals surface area contributed by atoms with Gasteiger partial charge in [-0.1, -0.05) is 35.3 Å². The summed E-state index contributed by atoms with van der Waals surface area (Å²) in [7, 11) is 0. The molecule has 2 N–H and O–H groups in total. The van der Waals surface area contributed by atoms with Crippen LogP contribution in [0.15, 0.2) is 30.3 Å². The third-order valence-corrected chi connectivity index (χ3v) is 4.19. The minimum atomic E-state index is -0.323. The highest BCUT2D eigenvalue weighted by Crippen LogP contribution is 2.28. The lowest BCUT2D eigenvalue weighted by molar-refractivity contribution is 0.593. The van der Waals surface area contributed by atoms with Crippen LogP contribution in [0.1, 0.15) is 28.3 Å². The Morgan fingerprint density at radius 2 is 1.80 bits per heavy atom. The largest absolute Gasteiger partial charge is 0.324 e. The molecule has 0 spiro atoms. The van der Waals surface area contributed by atoms with Crippen LogP contribution in [0.5, 0.6) is 0 Å². The summed E-state index contributed by atoms with van der Waals surface area (Å²) in [6, 6.07) is 8.18. The molecule has 2 aromatic carbocycles. The molecule has 0 fully saturated rings. The Bertz CT molecular complexity index is 620. The van der Waals surface area contributed by atoms with Gasteiger partial charge >= 0.3 is 0 Å². The number of aryl methyl sites for hydroxylation is 2. The number of hydrogen-bond donors (Lipinski definition) is 1. The molecule has 1 nitrogen and oxygen atoms in total. The van der Waals surface area contributed by atoms with Crippen molar-refractivity contribution in [3.8, 4) is 0 Å². The van der Waals surface area contributed by atoms with E-state index >= 15 is 0 Å². The second-order valence-corrected chi connectivity index (χ2v) is 5.78. The Labute approximate surface area is 128 Å². The summed E-state index contributed by atoms with van der Waals surface area (Å²) in [5, 5.41) is 1.12. The highest BCUT2D eigenvalue weighted by Gasteiger charge is 2.16. The van der Waals surface area contributed by atoms with Crippen LogP contribution in [-0.4, -0.2) is 0 Å². The first-order chi connectivity index (χ1) is 9.40. The fourth-order valence-corrected chi connectivity index (χ4v) is 2.72. The summed E-state index contributed by atoms with van der Waals surface area (Å²) in [5.74, 6) is -0.323. The lowest BCUT2D eigenvalue weighted by Crippen LogP contribution is -2.16. The minimum absolute atomic E-state index is 0.319. The van der Waals surface area contributed by atoms with Crippen molar-refractivity contribution in [2.45, 2.75) is 26.3 Å². The van der Waals surface area contributed by atoms with Crippen molar-refractivity contribution in [1.29, 1.82) is 0 Å². The van der Waals surface area contributed by atoms with Crippen molar-refractivity contribution in [1.82, 2.24) is 0 Å². The molecule has 1 unspecified atom stereocenters. The third-order valence-electron chi connectivity index (χ3n) is 3.43. The normalized spacial score (nSPS) is 12.5. The van der Waals surface area contributed by atoms with Crippen LogP contribution < -0.4 is 5.73 Å². The van der Waals surface area contributed by atoms with E-state index in [2.05, 4.69) is 0 Å². The zero-order chi connectivity index (χ0) is 14.9. The van der Waals surface area contributed by atoms with Crippen LogP contribution in [0.25, 0.3) is 0 Å². The van der Waals surface area contributed by atoms with Crippen LogP contribution in [0.3, 0.4) is 0 Å². The summed E-state index contributed by atoms with van der Waals surface area (Å²) in [6.45, 7) is 3.87. The van der Waals surface area contributed by atoms with Gasteiger partial charge in [-0.25, -0.2) is 4.39 Å². The van der Waals surface area contributed by atoms with Gasteiger partial charge < -0.3 is 5.73 Å². The number of rotatable bonds is 3. The third kappa shape index (κ3) is 3.14. The molecule has 2 aromatic rings. The van der Waals surface area contributed by atoms with Crippen LogP contribution in [0.2, 0.25) is 10.0 Å². The van der Waals surface area contributed by atoms with Gasteiger partial charge in [-0.3, -0.25) is 0 Å². The Morgan fingerprint density at radius 3 is 2.45 bits per heavy atom. The zero-order valence-electron chi connectivity index (χ0n) is 11.4. The Kier molecular flexibility index (Phi) is 4.69. The molecule has 4 heteroatoms. The molecule has 0 aliphatic rings. The first-order valence-electron chi connectivity index (χ1n) is 6.35. The van der Waals surface area contributed by atoms with Crippen molar-refractivity contribution in [2.75, 3.05) is 0 Å². The van der Waals surface area contributed by atoms with E-state index in [4.69, 9.17) is 28.9 Å². The van der Waals surface area contributed by atoms with Crippen molar-refractivity contribution >= 4 is 23.2 Å². The molecule has 2 rings (SSSR count). The topological polar surface area (TPSA) is 26.0 Å². The number of hydrogen-bond acceptors (Lipinski definition) is 1. The average Bonchev–Trinajstić information content (AvgIpc) is 2.38. The van der Waals surface area contributed by atoms with Gasteiger partial charge in [0.05, 0.1) is 0 Å². The van der Waals surface area contributed by atoms with E-state index in [1.54, 1.807) is 12.1 Å². The van der Waals surface area contributed by atoms with Crippen molar-refractivity contribution in [3.05, 3.63) is 68.4 Å². The minimum Gasteiger partial charge on any atom is -0.324 e. The quantitative estimate of drug-likeness (QED) is 0.849. The highest BCUT2D eigenvalue weighted by atomic mass is 35.5. The lowest BCUT2D eigenvalue weighted by atomic mass is 9.94. The maximum absolute atomic E-state index is 13.8. The maximum Gasteiger partial charge on any atom is 0.127 e. The van der Waals surface area contributed by atoms with Crippen molar-refractivity contribution < 1.29 is 4.39 Å². The monoisotopic (exact) mass is 311 g/mol. The van der Waals surface area contributed by atoms with Gasteiger partial charge in [-0.15, -0.1) is 0 Å². The summed E-state index contributed by atoms with van der Waals surface area (Å²) < 4.78 is 13.8. The average molecular weight is 312 g/mol. The molecular weight excluding hydrogens is 296 g/mol. The van der Waals surface area contributed by atoms with E-state index in [0.717, 1.165) is 16.7 Å². The van der Waals surface area contributed by atoms with E-state index in [-0.39, 0.29) is 11.9 Å². The summed E-state index contributed by atoms with van der Waals surface area (Å²) >= 11 is 12.1. The van der Waals surface area contributed by atoms with Gasteiger partial charge in [-0.2, -0.15) is 0 Å². The van der Waals surface area contributed by atoms with E-state index in [0.29, 0.717) is 22.0 Å². The molecule has 1 atom stereocenters. The van der Waals surface area contributed by atoms with Crippen LogP contribution in [-0.2, 0) is 6.42 Å². The molecule has 0 saturated heterocycles. The zero-order valence-corrected chi connectivity index (χ0v) is 12.9. The molecule has 0 saturated carbocycles. The van der Waals surface area contributed by atoms with Gasteiger partial charge in [0.1, 0.15) is 5.82 Å². The fourth-order valence-electron chi connectivity index (χ4n) is 2.26. The van der Waals surface area contributed by atoms with Crippen molar-refractivity contribution in [3.63, 3.8) is 0 Å². The Hall–Kier alpha value is -1.09. The predicted molar refractivity (Wildman–Crippen MR) is 83.0 cm³/mol. The highest BCUT2D eigenvalue weighted by molar-refractivity contribution is 6.31. The predicted octanol–water partition coefficient (Wildman–Crippen LogP) is 4.99. The van der Waals surface area contributed by atoms with E-state index in [1.165, 1.54) is 6.07 Å². The molecule has 0 bridgehead atoms. The molecule has 0 aromatic heterocycles. The molecule has 0 radical (unpaired) electrons. The van der Waals surface area contributed by atoms with Crippen molar-refractivity contribution in [2.24, 2.45) is 5.73 Å². The lowest BCUT2D eigenvalue weighted by Gasteiger charge is -2.17. The van der Waals surface area contributed by atoms with Crippen LogP contribution >= 0.6 is 23.2 Å². The molecule has 0 aliphatic heterocycles. The molecule has 20 heavy (non-hydrogen) atoms. The smallest absolute Gasteiger partial charge is 0.127 e. The Balaban J connectivity index is 2.33. The summed E-state index contributed by atoms with van der Waals surface area (Å²) in [6.07, 6.45) is 0.355. The van der Waals surface area contributed by atoms with E-state index in [1.807, 2.05) is 26.0 Å². The van der Waals surface area contributed by atoms with Crippen LogP contribution in [0, 0.1) is 19.7 Å². The number of halogens is 3. The van der Waals surface area contributed by atoms with Gasteiger partial charge in [0, 0.05) is 21.7 Å². The molecular formula is C16H16Cl2FN. The number of benzene rings is 2. The van der Waals surface area contributed by atoms with Gasteiger partial charge in [0.2, 0.25) is 0 Å². The molecule has 0 amide bonds. The fraction of sp³-hybridized carbons (Fsp3) is 0.250. The number of nitrogens with two attached hydrogens (primary N) is 1. The van der Waals surface area contributed by atoms with Crippen LogP contribution in [0.4, 0.5) is 4.39 Å². The molecule has 106 valence electrons. The standard InChI is InChI=1S/C16H16Cl2FN/c1-9-7-14(18)10(2)6-11(9)16(20)8-12-13(17)4-3-5-15(12)19/h3-7,16H,8,20H2,1-2H3. The molecule has 0 heterocycles. The maximum atomic E-state index is 13.8. The van der Waals surface area contributed by atoms with E-state index < -0.39 is 0 Å². The Morgan fingerprint density at radius 1 is 1.10 bits per heavy atom. The summed E-state index contributed by atoms with van der Waals surface area (Å²) in [5.41, 5.74) is 9.59. The first kappa shape index (κ1) is 15.3. The van der Waals surface area contributed by atoms with Gasteiger partial charge in [-0.05, 0) is 55.2 Å². The second kappa shape index (κ2) is 6.13. The second-order valence-electron chi connectivity index (χ2n) is 4.97. The van der Waals surface area contributed by atoms with Gasteiger partial charge in [0.15, 0.2) is 0 Å². The summed E-state index contributed by atoms with van der Waals surface area (Å²) in [4.78, 5) is 0. The van der Waals surface area contributed by atoms with E-state index in [9.17, 15) is 4.39 Å². The SMILES string of the molecule is Cc1cc(C(N)Cc2c(F)cccc2Cl)c(C)cc1Cl. The van der Waals surface area contributed by atoms with Gasteiger partial charge in [0.25, 0.3) is 0 Å². The first-order valence-corrected chi connectivity index (χ1v) is 7.11. The molecule has 0 aliphatic carbocycles.